The molecule has 35 heavy (non-hydrogen) atoms. The molecule has 2 aromatic rings. The highest BCUT2D eigenvalue weighted by Crippen LogP contribution is 2.41. The third kappa shape index (κ3) is 15.2. The van der Waals surface area contributed by atoms with Crippen molar-refractivity contribution < 1.29 is 18.3 Å². The van der Waals surface area contributed by atoms with Crippen molar-refractivity contribution in [3.05, 3.63) is 60.7 Å². The van der Waals surface area contributed by atoms with E-state index in [9.17, 15) is 0 Å². The lowest BCUT2D eigenvalue weighted by Gasteiger charge is -2.22. The van der Waals surface area contributed by atoms with E-state index in [1.165, 1.54) is 70.6 Å². The molecule has 0 aliphatic heterocycles. The maximum atomic E-state index is 6.30. The molecule has 0 radical (unpaired) electrons. The zero-order valence-corrected chi connectivity index (χ0v) is 22.9. The number of rotatable bonds is 22. The van der Waals surface area contributed by atoms with Gasteiger partial charge < -0.3 is 13.8 Å². The van der Waals surface area contributed by atoms with Gasteiger partial charge in [-0.3, -0.25) is 4.52 Å². The zero-order valence-electron chi connectivity index (χ0n) is 22.0. The molecule has 0 aliphatic rings. The highest BCUT2D eigenvalue weighted by molar-refractivity contribution is 7.42. The molecule has 0 fully saturated rings. The molecule has 0 saturated carbocycles. The Bertz CT molecular complexity index is 671. The first-order valence-corrected chi connectivity index (χ1v) is 14.9. The number of hydrogen-bond acceptors (Lipinski definition) is 4. The summed E-state index contributed by atoms with van der Waals surface area (Å²) >= 11 is 0. The van der Waals surface area contributed by atoms with Crippen molar-refractivity contribution >= 4 is 8.60 Å². The van der Waals surface area contributed by atoms with Crippen molar-refractivity contribution in [3.8, 4) is 11.5 Å². The Kier molecular flexibility index (Phi) is 17.4. The highest BCUT2D eigenvalue weighted by Gasteiger charge is 2.20. The minimum absolute atomic E-state index is 0.0699. The summed E-state index contributed by atoms with van der Waals surface area (Å²) in [6.07, 6.45) is 16.4. The van der Waals surface area contributed by atoms with E-state index < -0.39 is 8.60 Å². The predicted molar refractivity (Wildman–Crippen MR) is 148 cm³/mol. The summed E-state index contributed by atoms with van der Waals surface area (Å²) in [4.78, 5) is 0. The fourth-order valence-electron chi connectivity index (χ4n) is 3.85. The van der Waals surface area contributed by atoms with E-state index in [1.54, 1.807) is 0 Å². The van der Waals surface area contributed by atoms with Crippen LogP contribution in [0.5, 0.6) is 11.5 Å². The average molecular weight is 503 g/mol. The predicted octanol–water partition coefficient (Wildman–Crippen LogP) is 9.88. The van der Waals surface area contributed by atoms with Gasteiger partial charge in [-0.25, -0.2) is 0 Å². The summed E-state index contributed by atoms with van der Waals surface area (Å²) in [5, 5.41) is 0. The van der Waals surface area contributed by atoms with Crippen molar-refractivity contribution in [2.45, 2.75) is 103 Å². The molecule has 0 saturated heterocycles. The third-order valence-corrected chi connectivity index (χ3v) is 7.02. The molecule has 5 heteroatoms. The van der Waals surface area contributed by atoms with Gasteiger partial charge in [0, 0.05) is 6.61 Å². The minimum Gasteiger partial charge on any atom is -0.418 e. The average Bonchev–Trinajstić information content (AvgIpc) is 2.89. The fourth-order valence-corrected chi connectivity index (χ4v) is 4.87. The maximum absolute atomic E-state index is 6.30. The molecular formula is C30H47O4P. The Morgan fingerprint density at radius 3 is 1.63 bits per heavy atom. The normalized spacial score (nSPS) is 12.1. The summed E-state index contributed by atoms with van der Waals surface area (Å²) in [5.74, 6) is 1.49. The zero-order chi connectivity index (χ0) is 24.8. The van der Waals surface area contributed by atoms with Crippen molar-refractivity contribution in [1.82, 2.24) is 0 Å². The molecule has 0 amide bonds. The molecule has 2 aromatic carbocycles. The minimum atomic E-state index is -1.58. The molecule has 0 aromatic heterocycles. The van der Waals surface area contributed by atoms with Crippen LogP contribution < -0.4 is 9.05 Å². The van der Waals surface area contributed by atoms with Crippen LogP contribution in [0, 0.1) is 0 Å². The molecule has 4 nitrogen and oxygen atoms in total. The number of unbranched alkanes of at least 4 members (excludes halogenated alkanes) is 10. The monoisotopic (exact) mass is 502 g/mol. The van der Waals surface area contributed by atoms with Crippen LogP contribution in [0.2, 0.25) is 0 Å². The first-order valence-electron chi connectivity index (χ1n) is 13.8. The van der Waals surface area contributed by atoms with Gasteiger partial charge in [-0.1, -0.05) is 121 Å². The second kappa shape index (κ2) is 20.6. The van der Waals surface area contributed by atoms with Gasteiger partial charge in [0.25, 0.3) is 0 Å². The first kappa shape index (κ1) is 29.6. The molecule has 1 atom stereocenters. The van der Waals surface area contributed by atoms with Gasteiger partial charge in [0.15, 0.2) is 0 Å². The summed E-state index contributed by atoms with van der Waals surface area (Å²) in [7, 11) is -1.58. The van der Waals surface area contributed by atoms with E-state index in [-0.39, 0.29) is 6.10 Å². The van der Waals surface area contributed by atoms with Crippen LogP contribution in [0.3, 0.4) is 0 Å². The molecule has 0 heterocycles. The van der Waals surface area contributed by atoms with E-state index >= 15 is 0 Å². The lowest BCUT2D eigenvalue weighted by molar-refractivity contribution is 0.00989. The van der Waals surface area contributed by atoms with Crippen molar-refractivity contribution in [2.75, 3.05) is 13.2 Å². The van der Waals surface area contributed by atoms with Crippen LogP contribution in [0.25, 0.3) is 0 Å². The van der Waals surface area contributed by atoms with Crippen molar-refractivity contribution in [1.29, 1.82) is 0 Å². The van der Waals surface area contributed by atoms with Gasteiger partial charge in [-0.05, 0) is 37.1 Å². The molecule has 0 spiro atoms. The largest absolute Gasteiger partial charge is 0.463 e. The Labute approximate surface area is 215 Å². The molecule has 0 N–H and O–H groups in total. The van der Waals surface area contributed by atoms with Gasteiger partial charge >= 0.3 is 8.60 Å². The van der Waals surface area contributed by atoms with Crippen LogP contribution >= 0.6 is 8.60 Å². The molecule has 0 bridgehead atoms. The van der Waals surface area contributed by atoms with Crippen LogP contribution in [0.15, 0.2) is 60.7 Å². The molecule has 196 valence electrons. The Morgan fingerprint density at radius 1 is 0.600 bits per heavy atom. The number of para-hydroxylation sites is 2. The topological polar surface area (TPSA) is 36.9 Å². The van der Waals surface area contributed by atoms with Crippen LogP contribution in [0.1, 0.15) is 97.3 Å². The number of ether oxygens (including phenoxy) is 1. The van der Waals surface area contributed by atoms with Gasteiger partial charge in [-0.15, -0.1) is 0 Å². The summed E-state index contributed by atoms with van der Waals surface area (Å²) in [6.45, 7) is 5.80. The van der Waals surface area contributed by atoms with E-state index in [1.807, 2.05) is 60.7 Å². The van der Waals surface area contributed by atoms with Gasteiger partial charge in [0.05, 0.1) is 12.7 Å². The van der Waals surface area contributed by atoms with E-state index in [4.69, 9.17) is 18.3 Å². The first-order chi connectivity index (χ1) is 17.3. The van der Waals surface area contributed by atoms with Crippen LogP contribution in [0.4, 0.5) is 0 Å². The standard InChI is InChI=1S/C30H47O4P/c1-3-5-7-9-10-12-20-26-31-30(25-15-11-8-6-4-2)27-32-35(33-28-21-16-13-17-22-28)34-29-23-18-14-19-24-29/h13-14,16-19,21-24,30H,3-12,15,20,25-27H2,1-2H3. The quantitative estimate of drug-likeness (QED) is 0.119. The Morgan fingerprint density at radius 2 is 1.09 bits per heavy atom. The molecule has 0 aliphatic carbocycles. The van der Waals surface area contributed by atoms with Crippen LogP contribution in [-0.4, -0.2) is 19.3 Å². The second-order valence-electron chi connectivity index (χ2n) is 9.15. The summed E-state index contributed by atoms with van der Waals surface area (Å²) in [6, 6.07) is 19.5. The lowest BCUT2D eigenvalue weighted by atomic mass is 10.1. The van der Waals surface area contributed by atoms with Crippen molar-refractivity contribution in [3.63, 3.8) is 0 Å². The highest BCUT2D eigenvalue weighted by atomic mass is 31.2. The van der Waals surface area contributed by atoms with E-state index in [2.05, 4.69) is 13.8 Å². The van der Waals surface area contributed by atoms with Gasteiger partial charge in [0.2, 0.25) is 0 Å². The maximum Gasteiger partial charge on any atom is 0.463 e. The SMILES string of the molecule is CCCCCCCCCOC(CCCCCCC)COP(Oc1ccccc1)Oc1ccccc1. The fraction of sp³-hybridized carbons (Fsp3) is 0.600. The van der Waals surface area contributed by atoms with Gasteiger partial charge in [-0.2, -0.15) is 0 Å². The lowest BCUT2D eigenvalue weighted by Crippen LogP contribution is -2.21. The number of benzene rings is 2. The molecule has 1 unspecified atom stereocenters. The van der Waals surface area contributed by atoms with Crippen LogP contribution in [-0.2, 0) is 9.26 Å². The third-order valence-electron chi connectivity index (χ3n) is 5.94. The second-order valence-corrected chi connectivity index (χ2v) is 10.2. The Balaban J connectivity index is 1.84. The number of hydrogen-bond donors (Lipinski definition) is 0. The molecular weight excluding hydrogens is 455 g/mol. The van der Waals surface area contributed by atoms with Crippen molar-refractivity contribution in [2.24, 2.45) is 0 Å². The smallest absolute Gasteiger partial charge is 0.418 e. The Hall–Kier alpha value is -1.61. The molecule has 2 rings (SSSR count). The van der Waals surface area contributed by atoms with E-state index in [0.29, 0.717) is 6.61 Å². The van der Waals surface area contributed by atoms with E-state index in [0.717, 1.165) is 30.9 Å². The summed E-state index contributed by atoms with van der Waals surface area (Å²) in [5.41, 5.74) is 0. The van der Waals surface area contributed by atoms with Gasteiger partial charge in [0.1, 0.15) is 11.5 Å². The summed E-state index contributed by atoms with van der Waals surface area (Å²) < 4.78 is 24.7.